The zero-order valence-corrected chi connectivity index (χ0v) is 18.9. The molecule has 1 saturated heterocycles. The van der Waals surface area contributed by atoms with E-state index in [-0.39, 0.29) is 18.2 Å². The summed E-state index contributed by atoms with van der Waals surface area (Å²) in [6.45, 7) is 3.71. The molecule has 3 heterocycles. The molecule has 5 rings (SSSR count). The molecule has 1 aromatic carbocycles. The number of hydrogen-bond donors (Lipinski definition) is 2. The lowest BCUT2D eigenvalue weighted by Gasteiger charge is -2.21. The highest BCUT2D eigenvalue weighted by atomic mass is 35.5. The summed E-state index contributed by atoms with van der Waals surface area (Å²) in [6.07, 6.45) is 11.5. The van der Waals surface area contributed by atoms with Crippen LogP contribution in [0.25, 0.3) is 0 Å². The van der Waals surface area contributed by atoms with E-state index in [0.717, 1.165) is 29.1 Å². The van der Waals surface area contributed by atoms with E-state index in [1.54, 1.807) is 6.20 Å². The highest BCUT2D eigenvalue weighted by Crippen LogP contribution is 2.36. The quantitative estimate of drug-likeness (QED) is 0.683. The minimum atomic E-state index is -0.0593. The normalized spacial score (nSPS) is 20.5. The van der Waals surface area contributed by atoms with Crippen LogP contribution in [0.1, 0.15) is 48.4 Å². The van der Waals surface area contributed by atoms with Crippen molar-refractivity contribution in [3.63, 3.8) is 0 Å². The van der Waals surface area contributed by atoms with E-state index in [1.807, 2.05) is 12.2 Å². The average molecular weight is 450 g/mol. The lowest BCUT2D eigenvalue weighted by molar-refractivity contribution is -0.119. The number of carbonyl (C=O) groups is 1. The number of nitrogens with one attached hydrogen (secondary N) is 2. The predicted molar refractivity (Wildman–Crippen MR) is 127 cm³/mol. The van der Waals surface area contributed by atoms with Gasteiger partial charge in [0.1, 0.15) is 0 Å². The molecule has 0 bridgehead atoms. The fraction of sp³-hybridized carbons (Fsp3) is 0.400. The van der Waals surface area contributed by atoms with Crippen LogP contribution in [-0.2, 0) is 17.6 Å². The number of anilines is 2. The van der Waals surface area contributed by atoms with Crippen molar-refractivity contribution in [3.05, 3.63) is 70.2 Å². The molecule has 1 unspecified atom stereocenters. The summed E-state index contributed by atoms with van der Waals surface area (Å²) >= 11 is 6.17. The molecule has 0 radical (unpaired) electrons. The van der Waals surface area contributed by atoms with Crippen molar-refractivity contribution in [3.8, 4) is 0 Å². The molecule has 32 heavy (non-hydrogen) atoms. The molecule has 1 aromatic heterocycles. The van der Waals surface area contributed by atoms with Crippen molar-refractivity contribution in [1.82, 2.24) is 20.2 Å². The van der Waals surface area contributed by atoms with Gasteiger partial charge in [-0.3, -0.25) is 4.79 Å². The summed E-state index contributed by atoms with van der Waals surface area (Å²) in [4.78, 5) is 24.1. The van der Waals surface area contributed by atoms with Crippen molar-refractivity contribution in [2.45, 2.75) is 44.4 Å². The minimum Gasteiger partial charge on any atom is -0.329 e. The Morgan fingerprint density at radius 1 is 1.19 bits per heavy atom. The molecular formula is C25H28ClN5O. The molecule has 0 saturated carbocycles. The van der Waals surface area contributed by atoms with Gasteiger partial charge in [-0.05, 0) is 75.5 Å². The topological polar surface area (TPSA) is 70.2 Å². The maximum absolute atomic E-state index is 12.3. The fourth-order valence-corrected chi connectivity index (χ4v) is 4.95. The molecule has 7 heteroatoms. The van der Waals surface area contributed by atoms with Gasteiger partial charge in [-0.15, -0.1) is 0 Å². The third kappa shape index (κ3) is 4.87. The first-order valence-electron chi connectivity index (χ1n) is 11.5. The number of benzene rings is 1. The Hall–Kier alpha value is -2.70. The van der Waals surface area contributed by atoms with Crippen LogP contribution < -0.4 is 10.6 Å². The second-order valence-corrected chi connectivity index (χ2v) is 9.22. The van der Waals surface area contributed by atoms with Gasteiger partial charge in [-0.1, -0.05) is 29.8 Å². The predicted octanol–water partition coefficient (Wildman–Crippen LogP) is 4.41. The average Bonchev–Trinajstić information content (AvgIpc) is 3.25. The highest BCUT2D eigenvalue weighted by Gasteiger charge is 2.29. The van der Waals surface area contributed by atoms with Crippen LogP contribution in [0.3, 0.4) is 0 Å². The number of allylic oxidation sites excluding steroid dienone is 4. The second kappa shape index (κ2) is 9.43. The summed E-state index contributed by atoms with van der Waals surface area (Å²) in [6, 6.07) is 8.51. The van der Waals surface area contributed by atoms with E-state index in [4.69, 9.17) is 16.6 Å². The number of carbonyl (C=O) groups excluding carboxylic acids is 1. The molecule has 1 amide bonds. The second-order valence-electron chi connectivity index (χ2n) is 8.78. The molecule has 2 aliphatic heterocycles. The van der Waals surface area contributed by atoms with Crippen LogP contribution in [0.4, 0.5) is 11.6 Å². The fourth-order valence-electron chi connectivity index (χ4n) is 4.74. The van der Waals surface area contributed by atoms with Crippen LogP contribution >= 0.6 is 11.6 Å². The number of halogens is 1. The standard InChI is InChI=1S/C25H28ClN5O/c26-19-7-10-21-22(15-19)29-23(32)14-18-16-27-25(30-24(18)21)28-20-8-5-17(6-9-20)4-3-13-31-11-1-2-12-31/h5-9,15-16,21H,1-4,10-14H2,(H,29,32)(H,27,28,30). The van der Waals surface area contributed by atoms with Crippen LogP contribution in [-0.4, -0.2) is 40.4 Å². The van der Waals surface area contributed by atoms with Crippen molar-refractivity contribution < 1.29 is 4.79 Å². The molecule has 1 fully saturated rings. The Morgan fingerprint density at radius 2 is 2.00 bits per heavy atom. The van der Waals surface area contributed by atoms with Crippen LogP contribution in [0.2, 0.25) is 0 Å². The minimum absolute atomic E-state index is 0.0134. The van der Waals surface area contributed by atoms with Crippen molar-refractivity contribution in [1.29, 1.82) is 0 Å². The third-order valence-electron chi connectivity index (χ3n) is 6.43. The van der Waals surface area contributed by atoms with Gasteiger partial charge in [0.05, 0.1) is 12.1 Å². The number of fused-ring (bicyclic) bond motifs is 3. The molecule has 166 valence electrons. The summed E-state index contributed by atoms with van der Waals surface area (Å²) in [5, 5.41) is 6.94. The van der Waals surface area contributed by atoms with E-state index in [1.165, 1.54) is 44.5 Å². The number of amides is 1. The molecule has 0 spiro atoms. The van der Waals surface area contributed by atoms with Gasteiger partial charge in [-0.25, -0.2) is 9.97 Å². The summed E-state index contributed by atoms with van der Waals surface area (Å²) in [7, 11) is 0. The maximum atomic E-state index is 12.3. The molecule has 6 nitrogen and oxygen atoms in total. The van der Waals surface area contributed by atoms with Crippen molar-refractivity contribution in [2.75, 3.05) is 25.0 Å². The van der Waals surface area contributed by atoms with Gasteiger partial charge in [0.25, 0.3) is 0 Å². The Bertz CT molecular complexity index is 1060. The Labute approximate surface area is 193 Å². The van der Waals surface area contributed by atoms with Gasteiger partial charge in [-0.2, -0.15) is 0 Å². The molecular weight excluding hydrogens is 422 g/mol. The number of aromatic nitrogens is 2. The van der Waals surface area contributed by atoms with Crippen LogP contribution in [0.5, 0.6) is 0 Å². The Morgan fingerprint density at radius 3 is 2.81 bits per heavy atom. The van der Waals surface area contributed by atoms with Gasteiger partial charge >= 0.3 is 0 Å². The van der Waals surface area contributed by atoms with E-state index in [0.29, 0.717) is 17.4 Å². The number of aryl methyl sites for hydroxylation is 1. The van der Waals surface area contributed by atoms with Gasteiger partial charge < -0.3 is 15.5 Å². The summed E-state index contributed by atoms with van der Waals surface area (Å²) in [5.41, 5.74) is 4.86. The highest BCUT2D eigenvalue weighted by molar-refractivity contribution is 6.31. The van der Waals surface area contributed by atoms with Gasteiger partial charge in [0.15, 0.2) is 0 Å². The first-order valence-corrected chi connectivity index (χ1v) is 11.8. The van der Waals surface area contributed by atoms with Crippen LogP contribution in [0.15, 0.2) is 53.3 Å². The monoisotopic (exact) mass is 449 g/mol. The first-order chi connectivity index (χ1) is 15.6. The van der Waals surface area contributed by atoms with Gasteiger partial charge in [0.2, 0.25) is 11.9 Å². The Kier molecular flexibility index (Phi) is 6.23. The zero-order chi connectivity index (χ0) is 21.9. The zero-order valence-electron chi connectivity index (χ0n) is 18.1. The summed E-state index contributed by atoms with van der Waals surface area (Å²) < 4.78 is 0. The lowest BCUT2D eigenvalue weighted by atomic mass is 9.91. The molecule has 1 aliphatic carbocycles. The maximum Gasteiger partial charge on any atom is 0.228 e. The lowest BCUT2D eigenvalue weighted by Crippen LogP contribution is -2.25. The molecule has 3 aliphatic rings. The summed E-state index contributed by atoms with van der Waals surface area (Å²) in [5.74, 6) is 0.469. The molecule has 2 aromatic rings. The number of hydrogen-bond acceptors (Lipinski definition) is 5. The SMILES string of the molecule is O=C1Cc2cnc(Nc3ccc(CCCN4CCCC4)cc3)nc2C2CC=C(Cl)C=C2N1. The Balaban J connectivity index is 1.26. The van der Waals surface area contributed by atoms with E-state index in [9.17, 15) is 4.79 Å². The van der Waals surface area contributed by atoms with E-state index < -0.39 is 0 Å². The molecule has 1 atom stereocenters. The number of nitrogens with zero attached hydrogens (tertiary/aromatic N) is 3. The van der Waals surface area contributed by atoms with E-state index in [2.05, 4.69) is 44.8 Å². The van der Waals surface area contributed by atoms with Gasteiger partial charge in [0, 0.05) is 34.1 Å². The molecule has 2 N–H and O–H groups in total. The number of likely N-dealkylation sites (tertiary alicyclic amines) is 1. The first kappa shape index (κ1) is 21.2. The van der Waals surface area contributed by atoms with E-state index >= 15 is 0 Å². The van der Waals surface area contributed by atoms with Crippen LogP contribution in [0, 0.1) is 0 Å². The van der Waals surface area contributed by atoms with Crippen molar-refractivity contribution in [2.24, 2.45) is 0 Å². The van der Waals surface area contributed by atoms with Crippen molar-refractivity contribution >= 4 is 29.1 Å². The largest absolute Gasteiger partial charge is 0.329 e. The third-order valence-corrected chi connectivity index (χ3v) is 6.69. The number of rotatable bonds is 6. The smallest absolute Gasteiger partial charge is 0.228 e.